The summed E-state index contributed by atoms with van der Waals surface area (Å²) in [6, 6.07) is 74.8. The average Bonchev–Trinajstić information content (AvgIpc) is 3.73. The molecule has 12 rings (SSSR count). The van der Waals surface area contributed by atoms with Gasteiger partial charge in [-0.2, -0.15) is 0 Å². The summed E-state index contributed by atoms with van der Waals surface area (Å²) in [5.74, 6) is 0. The highest BCUT2D eigenvalue weighted by Crippen LogP contribution is 2.50. The highest BCUT2D eigenvalue weighted by Gasteiger charge is 2.36. The molecule has 0 fully saturated rings. The van der Waals surface area contributed by atoms with E-state index in [2.05, 4.69) is 230 Å². The second kappa shape index (κ2) is 14.9. The molecular formula is C61H43NO. The molecule has 0 bridgehead atoms. The molecule has 2 aliphatic rings. The summed E-state index contributed by atoms with van der Waals surface area (Å²) in [5.41, 5.74) is 18.6. The Bertz CT molecular complexity index is 3490. The van der Waals surface area contributed by atoms with Crippen LogP contribution in [0.5, 0.6) is 0 Å². The van der Waals surface area contributed by atoms with Crippen LogP contribution < -0.4 is 4.90 Å². The van der Waals surface area contributed by atoms with Crippen LogP contribution >= 0.6 is 0 Å². The first-order valence-corrected chi connectivity index (χ1v) is 21.9. The highest BCUT2D eigenvalue weighted by molar-refractivity contribution is 6.13. The van der Waals surface area contributed by atoms with Crippen molar-refractivity contribution < 1.29 is 4.42 Å². The molecule has 0 saturated carbocycles. The van der Waals surface area contributed by atoms with E-state index in [1.54, 1.807) is 0 Å². The van der Waals surface area contributed by atoms with E-state index in [-0.39, 0.29) is 5.41 Å². The fraction of sp³-hybridized carbons (Fsp3) is 0.0492. The Hall–Kier alpha value is -7.94. The maximum absolute atomic E-state index is 6.31. The number of hydrogen-bond donors (Lipinski definition) is 0. The van der Waals surface area contributed by atoms with Crippen LogP contribution in [0.25, 0.3) is 77.7 Å². The molecule has 1 heterocycles. The standard InChI is InChI=1S/C61H43NO/c1-61-39-15-28-48(55(61)38-35-43-18-5-8-29-54(43)61)45-21-11-22-47(40-45)62(46-36-33-42(34-37-46)50-26-14-32-58-60(50)53-24-7-10-31-57(53)63-58)56-30-9-6-23-51(56)52-27-13-20-44-19-12-25-49(59(44)52)41-16-3-2-4-17-41/h2-38,40H,39H2,1H3. The van der Waals surface area contributed by atoms with Gasteiger partial charge in [-0.15, -0.1) is 0 Å². The molecule has 10 aromatic rings. The van der Waals surface area contributed by atoms with Crippen LogP contribution in [0.2, 0.25) is 0 Å². The van der Waals surface area contributed by atoms with Gasteiger partial charge in [0.2, 0.25) is 0 Å². The predicted molar refractivity (Wildman–Crippen MR) is 266 cm³/mol. The summed E-state index contributed by atoms with van der Waals surface area (Å²) in [6.45, 7) is 2.41. The Morgan fingerprint density at radius 1 is 0.460 bits per heavy atom. The topological polar surface area (TPSA) is 16.4 Å². The Kier molecular flexibility index (Phi) is 8.72. The van der Waals surface area contributed by atoms with Gasteiger partial charge in [-0.25, -0.2) is 0 Å². The molecule has 1 unspecified atom stereocenters. The lowest BCUT2D eigenvalue weighted by Crippen LogP contribution is -2.29. The number of hydrogen-bond acceptors (Lipinski definition) is 2. The summed E-state index contributed by atoms with van der Waals surface area (Å²) in [4.78, 5) is 2.45. The van der Waals surface area contributed by atoms with Gasteiger partial charge < -0.3 is 9.32 Å². The molecule has 1 atom stereocenters. The normalized spacial score (nSPS) is 15.5. The first kappa shape index (κ1) is 36.9. The molecular weight excluding hydrogens is 763 g/mol. The number of benzene rings is 9. The fourth-order valence-corrected chi connectivity index (χ4v) is 10.4. The van der Waals surface area contributed by atoms with Gasteiger partial charge in [0.05, 0.1) is 5.69 Å². The van der Waals surface area contributed by atoms with Gasteiger partial charge in [0.15, 0.2) is 0 Å². The third-order valence-corrected chi connectivity index (χ3v) is 13.4. The number of nitrogens with zero attached hydrogens (tertiary/aromatic N) is 1. The van der Waals surface area contributed by atoms with E-state index < -0.39 is 0 Å². The largest absolute Gasteiger partial charge is 0.456 e. The van der Waals surface area contributed by atoms with E-state index in [9.17, 15) is 0 Å². The van der Waals surface area contributed by atoms with Gasteiger partial charge in [-0.3, -0.25) is 0 Å². The van der Waals surface area contributed by atoms with E-state index >= 15 is 0 Å². The van der Waals surface area contributed by atoms with Crippen LogP contribution in [0.3, 0.4) is 0 Å². The van der Waals surface area contributed by atoms with Crippen LogP contribution in [0, 0.1) is 0 Å². The van der Waals surface area contributed by atoms with Crippen molar-refractivity contribution >= 4 is 61.4 Å². The lowest BCUT2D eigenvalue weighted by atomic mass is 9.65. The monoisotopic (exact) mass is 805 g/mol. The Morgan fingerprint density at radius 3 is 1.98 bits per heavy atom. The summed E-state index contributed by atoms with van der Waals surface area (Å²) in [5, 5.41) is 4.72. The second-order valence-corrected chi connectivity index (χ2v) is 17.0. The smallest absolute Gasteiger partial charge is 0.136 e. The SMILES string of the molecule is CC12CC=CC(c3cccc(N(c4ccc(-c5cccc6oc7ccccc7c56)cc4)c4ccccc4-c4cccc5cccc(-c6ccccc6)c45)c3)=C1C=Cc1ccccc12. The fourth-order valence-electron chi connectivity index (χ4n) is 10.4. The lowest BCUT2D eigenvalue weighted by molar-refractivity contribution is 0.571. The molecule has 2 nitrogen and oxygen atoms in total. The maximum atomic E-state index is 6.31. The van der Waals surface area contributed by atoms with Crippen LogP contribution in [0.4, 0.5) is 17.1 Å². The van der Waals surface area contributed by atoms with E-state index in [1.807, 2.05) is 12.1 Å². The van der Waals surface area contributed by atoms with Gasteiger partial charge in [0.1, 0.15) is 11.2 Å². The highest BCUT2D eigenvalue weighted by atomic mass is 16.3. The van der Waals surface area contributed by atoms with Gasteiger partial charge in [0, 0.05) is 33.1 Å². The zero-order valence-electron chi connectivity index (χ0n) is 35.0. The Morgan fingerprint density at radius 2 is 1.11 bits per heavy atom. The van der Waals surface area contributed by atoms with Gasteiger partial charge in [0.25, 0.3) is 0 Å². The number of para-hydroxylation sites is 2. The summed E-state index contributed by atoms with van der Waals surface area (Å²) in [7, 11) is 0. The van der Waals surface area contributed by atoms with E-state index in [0.29, 0.717) is 0 Å². The quantitative estimate of drug-likeness (QED) is 0.160. The van der Waals surface area contributed by atoms with Crippen molar-refractivity contribution in [1.82, 2.24) is 0 Å². The van der Waals surface area contributed by atoms with Crippen molar-refractivity contribution in [3.63, 3.8) is 0 Å². The zero-order chi connectivity index (χ0) is 41.9. The molecule has 9 aromatic carbocycles. The number of anilines is 3. The van der Waals surface area contributed by atoms with Crippen molar-refractivity contribution in [1.29, 1.82) is 0 Å². The third-order valence-electron chi connectivity index (χ3n) is 13.4. The molecule has 0 saturated heterocycles. The number of fused-ring (bicyclic) bond motifs is 7. The van der Waals surface area contributed by atoms with E-state index in [0.717, 1.165) is 62.1 Å². The maximum Gasteiger partial charge on any atom is 0.136 e. The molecule has 2 heteroatoms. The van der Waals surface area contributed by atoms with Gasteiger partial charge >= 0.3 is 0 Å². The van der Waals surface area contributed by atoms with Crippen LogP contribution in [0.15, 0.2) is 234 Å². The summed E-state index contributed by atoms with van der Waals surface area (Å²) >= 11 is 0. The van der Waals surface area contributed by atoms with E-state index in [4.69, 9.17) is 4.42 Å². The first-order chi connectivity index (χ1) is 31.1. The minimum Gasteiger partial charge on any atom is -0.456 e. The average molecular weight is 806 g/mol. The molecule has 0 N–H and O–H groups in total. The number of rotatable bonds is 7. The molecule has 0 spiro atoms. The molecule has 0 amide bonds. The number of allylic oxidation sites excluding steroid dienone is 5. The van der Waals surface area contributed by atoms with Crippen molar-refractivity contribution in [2.45, 2.75) is 18.8 Å². The van der Waals surface area contributed by atoms with E-state index in [1.165, 1.54) is 55.3 Å². The van der Waals surface area contributed by atoms with Crippen LogP contribution in [0.1, 0.15) is 30.0 Å². The van der Waals surface area contributed by atoms with Gasteiger partial charge in [-0.05, 0) is 115 Å². The van der Waals surface area contributed by atoms with Crippen LogP contribution in [-0.4, -0.2) is 0 Å². The Balaban J connectivity index is 1.05. The minimum absolute atomic E-state index is 0.110. The lowest BCUT2D eigenvalue weighted by Gasteiger charge is -2.38. The Labute approximate surface area is 368 Å². The van der Waals surface area contributed by atoms with Crippen molar-refractivity contribution in [3.8, 4) is 33.4 Å². The van der Waals surface area contributed by atoms with Crippen molar-refractivity contribution in [2.24, 2.45) is 0 Å². The zero-order valence-corrected chi connectivity index (χ0v) is 35.0. The molecule has 298 valence electrons. The first-order valence-electron chi connectivity index (χ1n) is 21.9. The molecule has 63 heavy (non-hydrogen) atoms. The minimum atomic E-state index is -0.110. The van der Waals surface area contributed by atoms with Crippen molar-refractivity contribution in [3.05, 3.63) is 247 Å². The van der Waals surface area contributed by atoms with Crippen molar-refractivity contribution in [2.75, 3.05) is 4.90 Å². The molecule has 1 aromatic heterocycles. The van der Waals surface area contributed by atoms with Gasteiger partial charge in [-0.1, -0.05) is 195 Å². The molecule has 0 aliphatic heterocycles. The summed E-state index contributed by atoms with van der Waals surface area (Å²) < 4.78 is 6.31. The number of furan rings is 1. The predicted octanol–water partition coefficient (Wildman–Crippen LogP) is 16.9. The van der Waals surface area contributed by atoms with Crippen LogP contribution in [-0.2, 0) is 5.41 Å². The summed E-state index contributed by atoms with van der Waals surface area (Å²) in [6.07, 6.45) is 10.3. The third kappa shape index (κ3) is 6.09. The second-order valence-electron chi connectivity index (χ2n) is 17.0. The molecule has 0 radical (unpaired) electrons. The molecule has 2 aliphatic carbocycles.